The van der Waals surface area contributed by atoms with Gasteiger partial charge in [-0.05, 0) is 50.9 Å². The van der Waals surface area contributed by atoms with E-state index in [0.717, 1.165) is 18.8 Å². The molecule has 0 aromatic heterocycles. The van der Waals surface area contributed by atoms with Crippen LogP contribution >= 0.6 is 0 Å². The summed E-state index contributed by atoms with van der Waals surface area (Å²) in [5.41, 5.74) is 6.44. The van der Waals surface area contributed by atoms with Crippen LogP contribution in [0.3, 0.4) is 0 Å². The fourth-order valence-electron chi connectivity index (χ4n) is 3.61. The Hall–Kier alpha value is -0.0800. The molecule has 1 aliphatic heterocycles. The van der Waals surface area contributed by atoms with Crippen LogP contribution in [0.1, 0.15) is 71.6 Å². The molecule has 1 heterocycles. The highest BCUT2D eigenvalue weighted by atomic mass is 16.5. The molecule has 2 rings (SSSR count). The van der Waals surface area contributed by atoms with Crippen LogP contribution < -0.4 is 5.73 Å². The van der Waals surface area contributed by atoms with Crippen molar-refractivity contribution in [3.05, 3.63) is 0 Å². The first kappa shape index (κ1) is 13.4. The monoisotopic (exact) mass is 239 g/mol. The molecule has 0 bridgehead atoms. The summed E-state index contributed by atoms with van der Waals surface area (Å²) in [6, 6.07) is 0.374. The molecule has 0 aromatic carbocycles. The Bertz CT molecular complexity index is 233. The maximum Gasteiger partial charge on any atom is 0.0687 e. The summed E-state index contributed by atoms with van der Waals surface area (Å²) in [6.45, 7) is 4.50. The number of hydrogen-bond donors (Lipinski definition) is 1. The third-order valence-corrected chi connectivity index (χ3v) is 4.49. The van der Waals surface area contributed by atoms with Crippen LogP contribution in [0.2, 0.25) is 0 Å². The largest absolute Gasteiger partial charge is 0.372 e. The Morgan fingerprint density at radius 2 is 1.94 bits per heavy atom. The minimum absolute atomic E-state index is 0.298. The van der Waals surface area contributed by atoms with Crippen LogP contribution in [-0.2, 0) is 4.74 Å². The van der Waals surface area contributed by atoms with Gasteiger partial charge in [0.1, 0.15) is 0 Å². The predicted octanol–water partition coefficient (Wildman–Crippen LogP) is 3.63. The molecule has 2 heteroatoms. The van der Waals surface area contributed by atoms with Crippen molar-refractivity contribution in [2.45, 2.75) is 89.4 Å². The Labute approximate surface area is 106 Å². The van der Waals surface area contributed by atoms with E-state index in [9.17, 15) is 0 Å². The lowest BCUT2D eigenvalue weighted by Crippen LogP contribution is -2.27. The van der Waals surface area contributed by atoms with E-state index >= 15 is 0 Å². The fourth-order valence-corrected chi connectivity index (χ4v) is 3.61. The lowest BCUT2D eigenvalue weighted by molar-refractivity contribution is -0.0399. The summed E-state index contributed by atoms with van der Waals surface area (Å²) in [6.07, 6.45) is 11.9. The molecule has 1 saturated heterocycles. The normalized spacial score (nSPS) is 29.3. The Kier molecular flexibility index (Phi) is 4.48. The van der Waals surface area contributed by atoms with Gasteiger partial charge in [-0.3, -0.25) is 0 Å². The van der Waals surface area contributed by atoms with Gasteiger partial charge in [0.25, 0.3) is 0 Å². The third-order valence-electron chi connectivity index (χ3n) is 4.49. The Balaban J connectivity index is 1.67. The van der Waals surface area contributed by atoms with Crippen molar-refractivity contribution in [1.82, 2.24) is 0 Å². The zero-order valence-electron chi connectivity index (χ0n) is 11.6. The number of rotatable bonds is 5. The van der Waals surface area contributed by atoms with Gasteiger partial charge in [-0.2, -0.15) is 0 Å². The molecule has 2 nitrogen and oxygen atoms in total. The summed E-state index contributed by atoms with van der Waals surface area (Å²) in [5, 5.41) is 0. The van der Waals surface area contributed by atoms with E-state index < -0.39 is 0 Å². The smallest absolute Gasteiger partial charge is 0.0687 e. The highest BCUT2D eigenvalue weighted by Crippen LogP contribution is 2.44. The second-order valence-corrected chi connectivity index (χ2v) is 6.64. The van der Waals surface area contributed by atoms with E-state index in [1.54, 1.807) is 0 Å². The van der Waals surface area contributed by atoms with Crippen LogP contribution in [0, 0.1) is 5.92 Å². The number of ether oxygens (including phenoxy) is 1. The molecule has 0 aromatic rings. The first-order chi connectivity index (χ1) is 8.10. The summed E-state index contributed by atoms with van der Waals surface area (Å²) in [7, 11) is 0. The number of nitrogens with two attached hydrogens (primary N) is 1. The molecule has 2 atom stereocenters. The van der Waals surface area contributed by atoms with Crippen molar-refractivity contribution in [3.63, 3.8) is 0 Å². The summed E-state index contributed by atoms with van der Waals surface area (Å²) in [5.74, 6) is 0.718. The maximum atomic E-state index is 6.31. The molecule has 2 N–H and O–H groups in total. The van der Waals surface area contributed by atoms with Gasteiger partial charge in [0.05, 0.1) is 11.7 Å². The van der Waals surface area contributed by atoms with Crippen molar-refractivity contribution >= 4 is 0 Å². The summed E-state index contributed by atoms with van der Waals surface area (Å²) < 4.78 is 6.31. The average molecular weight is 239 g/mol. The highest BCUT2D eigenvalue weighted by molar-refractivity contribution is 4.92. The van der Waals surface area contributed by atoms with Gasteiger partial charge in [-0.15, -0.1) is 0 Å². The first-order valence-corrected chi connectivity index (χ1v) is 7.53. The molecular formula is C15H29NO. The summed E-state index contributed by atoms with van der Waals surface area (Å²) in [4.78, 5) is 0. The molecule has 1 saturated carbocycles. The Morgan fingerprint density at radius 1 is 1.24 bits per heavy atom. The van der Waals surface area contributed by atoms with Crippen molar-refractivity contribution in [3.8, 4) is 0 Å². The van der Waals surface area contributed by atoms with Gasteiger partial charge >= 0.3 is 0 Å². The van der Waals surface area contributed by atoms with Crippen LogP contribution in [-0.4, -0.2) is 17.7 Å². The van der Waals surface area contributed by atoms with Gasteiger partial charge in [-0.25, -0.2) is 0 Å². The highest BCUT2D eigenvalue weighted by Gasteiger charge is 2.41. The number of hydrogen-bond acceptors (Lipinski definition) is 2. The van der Waals surface area contributed by atoms with Crippen LogP contribution in [0.25, 0.3) is 0 Å². The molecule has 1 spiro atoms. The molecule has 0 radical (unpaired) electrons. The zero-order valence-corrected chi connectivity index (χ0v) is 11.6. The molecule has 2 unspecified atom stereocenters. The van der Waals surface area contributed by atoms with Gasteiger partial charge in [0.15, 0.2) is 0 Å². The van der Waals surface area contributed by atoms with E-state index in [0.29, 0.717) is 17.7 Å². The zero-order chi connectivity index (χ0) is 12.3. The standard InChI is InChI=1S/C15H29NO/c1-12(2)11-13(16)5-6-14-7-10-15(17-14)8-3-4-9-15/h12-14H,3-11,16H2,1-2H3. The molecule has 0 amide bonds. The topological polar surface area (TPSA) is 35.2 Å². The van der Waals surface area contributed by atoms with Crippen LogP contribution in [0.5, 0.6) is 0 Å². The molecule has 2 aliphatic rings. The first-order valence-electron chi connectivity index (χ1n) is 7.53. The average Bonchev–Trinajstić information content (AvgIpc) is 2.86. The van der Waals surface area contributed by atoms with Crippen molar-refractivity contribution in [2.24, 2.45) is 11.7 Å². The van der Waals surface area contributed by atoms with Crippen molar-refractivity contribution < 1.29 is 4.74 Å². The van der Waals surface area contributed by atoms with Crippen molar-refractivity contribution in [1.29, 1.82) is 0 Å². The van der Waals surface area contributed by atoms with E-state index in [1.165, 1.54) is 44.9 Å². The Morgan fingerprint density at radius 3 is 2.59 bits per heavy atom. The van der Waals surface area contributed by atoms with Gasteiger partial charge in [0, 0.05) is 6.04 Å². The van der Waals surface area contributed by atoms with Crippen LogP contribution in [0.15, 0.2) is 0 Å². The van der Waals surface area contributed by atoms with Crippen LogP contribution in [0.4, 0.5) is 0 Å². The van der Waals surface area contributed by atoms with Crippen molar-refractivity contribution in [2.75, 3.05) is 0 Å². The van der Waals surface area contributed by atoms with E-state index in [2.05, 4.69) is 13.8 Å². The van der Waals surface area contributed by atoms with Gasteiger partial charge in [0.2, 0.25) is 0 Å². The minimum Gasteiger partial charge on any atom is -0.372 e. The molecular weight excluding hydrogens is 210 g/mol. The quantitative estimate of drug-likeness (QED) is 0.795. The second-order valence-electron chi connectivity index (χ2n) is 6.64. The lowest BCUT2D eigenvalue weighted by Gasteiger charge is -2.24. The lowest BCUT2D eigenvalue weighted by atomic mass is 9.96. The van der Waals surface area contributed by atoms with Gasteiger partial charge in [-0.1, -0.05) is 26.7 Å². The molecule has 1 aliphatic carbocycles. The third kappa shape index (κ3) is 3.69. The summed E-state index contributed by atoms with van der Waals surface area (Å²) >= 11 is 0. The van der Waals surface area contributed by atoms with E-state index in [-0.39, 0.29) is 0 Å². The molecule has 100 valence electrons. The fraction of sp³-hybridized carbons (Fsp3) is 1.00. The second kappa shape index (κ2) is 5.71. The van der Waals surface area contributed by atoms with E-state index in [4.69, 9.17) is 10.5 Å². The predicted molar refractivity (Wildman–Crippen MR) is 72.0 cm³/mol. The molecule has 17 heavy (non-hydrogen) atoms. The van der Waals surface area contributed by atoms with Gasteiger partial charge < -0.3 is 10.5 Å². The maximum absolute atomic E-state index is 6.31. The SMILES string of the molecule is CC(C)CC(N)CCC1CCC2(CCCC2)O1. The van der Waals surface area contributed by atoms with E-state index in [1.807, 2.05) is 0 Å². The molecule has 2 fully saturated rings. The minimum atomic E-state index is 0.298.